The van der Waals surface area contributed by atoms with E-state index in [1.54, 1.807) is 0 Å². The molecule has 118 valence electrons. The predicted octanol–water partition coefficient (Wildman–Crippen LogP) is 3.21. The SMILES string of the molecule is Cc1cnc(-c2ccccc2)n1C1CN(C(=O)C2CC=CC2)C1. The normalized spacial score (nSPS) is 18.4. The van der Waals surface area contributed by atoms with Crippen molar-refractivity contribution >= 4 is 5.91 Å². The lowest BCUT2D eigenvalue weighted by atomic mass is 10.0. The molecule has 4 heteroatoms. The molecule has 2 heterocycles. The second kappa shape index (κ2) is 5.69. The van der Waals surface area contributed by atoms with Crippen molar-refractivity contribution in [1.29, 1.82) is 0 Å². The minimum absolute atomic E-state index is 0.174. The van der Waals surface area contributed by atoms with Crippen LogP contribution < -0.4 is 0 Å². The molecule has 1 aliphatic carbocycles. The van der Waals surface area contributed by atoms with E-state index in [0.717, 1.165) is 43.0 Å². The van der Waals surface area contributed by atoms with Crippen LogP contribution in [0.15, 0.2) is 48.7 Å². The minimum atomic E-state index is 0.174. The number of carbonyl (C=O) groups is 1. The summed E-state index contributed by atoms with van der Waals surface area (Å²) in [7, 11) is 0. The molecule has 0 radical (unpaired) electrons. The molecule has 0 saturated carbocycles. The summed E-state index contributed by atoms with van der Waals surface area (Å²) in [5.41, 5.74) is 2.29. The van der Waals surface area contributed by atoms with Gasteiger partial charge in [-0.2, -0.15) is 0 Å². The van der Waals surface area contributed by atoms with Crippen LogP contribution in [-0.4, -0.2) is 33.4 Å². The van der Waals surface area contributed by atoms with Crippen LogP contribution in [0.1, 0.15) is 24.6 Å². The van der Waals surface area contributed by atoms with Gasteiger partial charge in [0.15, 0.2) is 0 Å². The van der Waals surface area contributed by atoms with E-state index in [2.05, 4.69) is 40.8 Å². The van der Waals surface area contributed by atoms with Gasteiger partial charge in [-0.05, 0) is 19.8 Å². The topological polar surface area (TPSA) is 38.1 Å². The zero-order valence-electron chi connectivity index (χ0n) is 13.4. The number of aromatic nitrogens is 2. The molecule has 1 fully saturated rings. The van der Waals surface area contributed by atoms with Crippen molar-refractivity contribution < 1.29 is 4.79 Å². The Morgan fingerprint density at radius 1 is 1.13 bits per heavy atom. The number of benzene rings is 1. The maximum atomic E-state index is 12.4. The van der Waals surface area contributed by atoms with Gasteiger partial charge in [0.05, 0.1) is 6.04 Å². The minimum Gasteiger partial charge on any atom is -0.338 e. The number of hydrogen-bond acceptors (Lipinski definition) is 2. The van der Waals surface area contributed by atoms with Crippen molar-refractivity contribution in [3.8, 4) is 11.4 Å². The number of imidazole rings is 1. The quantitative estimate of drug-likeness (QED) is 0.817. The highest BCUT2D eigenvalue weighted by Gasteiger charge is 2.36. The van der Waals surface area contributed by atoms with Gasteiger partial charge in [-0.15, -0.1) is 0 Å². The molecular formula is C19H21N3O. The molecule has 23 heavy (non-hydrogen) atoms. The standard InChI is InChI=1S/C19H21N3O/c1-14-11-20-18(15-7-3-2-4-8-15)22(14)17-12-21(13-17)19(23)16-9-5-6-10-16/h2-8,11,16-17H,9-10,12-13H2,1H3. The molecule has 4 rings (SSSR count). The fourth-order valence-electron chi connectivity index (χ4n) is 3.58. The number of aryl methyl sites for hydroxylation is 1. The number of likely N-dealkylation sites (tertiary alicyclic amines) is 1. The third-order valence-electron chi connectivity index (χ3n) is 4.91. The Morgan fingerprint density at radius 2 is 1.83 bits per heavy atom. The van der Waals surface area contributed by atoms with E-state index in [0.29, 0.717) is 11.9 Å². The molecule has 1 aromatic heterocycles. The van der Waals surface area contributed by atoms with Crippen LogP contribution in [0, 0.1) is 12.8 Å². The van der Waals surface area contributed by atoms with Gasteiger partial charge < -0.3 is 9.47 Å². The number of rotatable bonds is 3. The van der Waals surface area contributed by atoms with Crippen molar-refractivity contribution in [3.63, 3.8) is 0 Å². The first-order valence-electron chi connectivity index (χ1n) is 8.27. The maximum Gasteiger partial charge on any atom is 0.226 e. The Balaban J connectivity index is 1.50. The number of amides is 1. The Bertz CT molecular complexity index is 733. The zero-order chi connectivity index (χ0) is 15.8. The summed E-state index contributed by atoms with van der Waals surface area (Å²) in [6, 6.07) is 10.6. The first-order chi connectivity index (χ1) is 11.2. The van der Waals surface area contributed by atoms with Crippen LogP contribution in [0.3, 0.4) is 0 Å². The van der Waals surface area contributed by atoms with E-state index in [1.165, 1.54) is 0 Å². The van der Waals surface area contributed by atoms with Gasteiger partial charge in [-0.1, -0.05) is 42.5 Å². The zero-order valence-corrected chi connectivity index (χ0v) is 13.4. The fourth-order valence-corrected chi connectivity index (χ4v) is 3.58. The van der Waals surface area contributed by atoms with E-state index in [-0.39, 0.29) is 5.92 Å². The van der Waals surface area contributed by atoms with Gasteiger partial charge >= 0.3 is 0 Å². The highest BCUT2D eigenvalue weighted by molar-refractivity contribution is 5.80. The molecule has 4 nitrogen and oxygen atoms in total. The summed E-state index contributed by atoms with van der Waals surface area (Å²) in [6.45, 7) is 3.68. The molecule has 0 bridgehead atoms. The first kappa shape index (κ1) is 14.2. The average Bonchev–Trinajstić information content (AvgIpc) is 3.17. The van der Waals surface area contributed by atoms with Crippen molar-refractivity contribution in [2.24, 2.45) is 5.92 Å². The maximum absolute atomic E-state index is 12.4. The predicted molar refractivity (Wildman–Crippen MR) is 89.9 cm³/mol. The third-order valence-corrected chi connectivity index (χ3v) is 4.91. The Kier molecular flexibility index (Phi) is 3.52. The van der Waals surface area contributed by atoms with Gasteiger partial charge in [0, 0.05) is 36.5 Å². The molecule has 2 aliphatic rings. The van der Waals surface area contributed by atoms with Crippen LogP contribution in [0.4, 0.5) is 0 Å². The molecule has 2 aromatic rings. The molecule has 1 aliphatic heterocycles. The van der Waals surface area contributed by atoms with E-state index < -0.39 is 0 Å². The van der Waals surface area contributed by atoms with Crippen LogP contribution in [-0.2, 0) is 4.79 Å². The highest BCUT2D eigenvalue weighted by atomic mass is 16.2. The number of hydrogen-bond donors (Lipinski definition) is 0. The van der Waals surface area contributed by atoms with E-state index in [9.17, 15) is 4.79 Å². The monoisotopic (exact) mass is 307 g/mol. The van der Waals surface area contributed by atoms with Crippen molar-refractivity contribution in [1.82, 2.24) is 14.5 Å². The molecule has 0 spiro atoms. The van der Waals surface area contributed by atoms with Gasteiger partial charge in [0.2, 0.25) is 5.91 Å². The van der Waals surface area contributed by atoms with Crippen molar-refractivity contribution in [2.45, 2.75) is 25.8 Å². The third kappa shape index (κ3) is 2.48. The first-order valence-corrected chi connectivity index (χ1v) is 8.27. The lowest BCUT2D eigenvalue weighted by Gasteiger charge is -2.42. The lowest BCUT2D eigenvalue weighted by molar-refractivity contribution is -0.141. The smallest absolute Gasteiger partial charge is 0.226 e. The number of carbonyl (C=O) groups excluding carboxylic acids is 1. The Hall–Kier alpha value is -2.36. The lowest BCUT2D eigenvalue weighted by Crippen LogP contribution is -2.52. The largest absolute Gasteiger partial charge is 0.338 e. The summed E-state index contributed by atoms with van der Waals surface area (Å²) >= 11 is 0. The van der Waals surface area contributed by atoms with Crippen LogP contribution >= 0.6 is 0 Å². The molecule has 0 atom stereocenters. The fraction of sp³-hybridized carbons (Fsp3) is 0.368. The van der Waals surface area contributed by atoms with Gasteiger partial charge in [0.1, 0.15) is 5.82 Å². The Labute approximate surface area is 136 Å². The second-order valence-corrected chi connectivity index (χ2v) is 6.50. The number of allylic oxidation sites excluding steroid dienone is 2. The van der Waals surface area contributed by atoms with E-state index >= 15 is 0 Å². The van der Waals surface area contributed by atoms with Crippen molar-refractivity contribution in [3.05, 3.63) is 54.4 Å². The summed E-state index contributed by atoms with van der Waals surface area (Å²) < 4.78 is 2.28. The van der Waals surface area contributed by atoms with Crippen LogP contribution in [0.2, 0.25) is 0 Å². The van der Waals surface area contributed by atoms with Crippen molar-refractivity contribution in [2.75, 3.05) is 13.1 Å². The second-order valence-electron chi connectivity index (χ2n) is 6.50. The summed E-state index contributed by atoms with van der Waals surface area (Å²) in [5, 5.41) is 0. The average molecular weight is 307 g/mol. The number of nitrogens with zero attached hydrogens (tertiary/aromatic N) is 3. The summed E-state index contributed by atoms with van der Waals surface area (Å²) in [4.78, 5) is 19.0. The van der Waals surface area contributed by atoms with E-state index in [1.807, 2.05) is 29.3 Å². The van der Waals surface area contributed by atoms with Gasteiger partial charge in [-0.3, -0.25) is 4.79 Å². The van der Waals surface area contributed by atoms with E-state index in [4.69, 9.17) is 0 Å². The van der Waals surface area contributed by atoms with Gasteiger partial charge in [-0.25, -0.2) is 4.98 Å². The molecule has 0 N–H and O–H groups in total. The van der Waals surface area contributed by atoms with Gasteiger partial charge in [0.25, 0.3) is 0 Å². The summed E-state index contributed by atoms with van der Waals surface area (Å²) in [6.07, 6.45) is 7.97. The molecule has 1 aromatic carbocycles. The molecule has 0 unspecified atom stereocenters. The molecule has 1 amide bonds. The Morgan fingerprint density at radius 3 is 2.52 bits per heavy atom. The summed E-state index contributed by atoms with van der Waals surface area (Å²) in [5.74, 6) is 1.49. The molecular weight excluding hydrogens is 286 g/mol. The molecule has 1 saturated heterocycles. The van der Waals surface area contributed by atoms with Crippen LogP contribution in [0.25, 0.3) is 11.4 Å². The highest BCUT2D eigenvalue weighted by Crippen LogP contribution is 2.31. The van der Waals surface area contributed by atoms with Crippen LogP contribution in [0.5, 0.6) is 0 Å².